The summed E-state index contributed by atoms with van der Waals surface area (Å²) < 4.78 is 28.6. The Morgan fingerprint density at radius 1 is 0.729 bits per heavy atom. The second-order valence-electron chi connectivity index (χ2n) is 18.5. The maximum atomic E-state index is 12.7. The fourth-order valence-electron chi connectivity index (χ4n) is 8.40. The van der Waals surface area contributed by atoms with E-state index < -0.39 is 154 Å². The summed E-state index contributed by atoms with van der Waals surface area (Å²) in [6, 6.07) is -1.30. The fraction of sp³-hybridized carbons (Fsp3) is 0.647. The minimum atomic E-state index is -2.22. The summed E-state index contributed by atoms with van der Waals surface area (Å²) in [5.74, 6) is -4.66. The van der Waals surface area contributed by atoms with Gasteiger partial charge in [0.25, 0.3) is 0 Å². The average Bonchev–Trinajstić information content (AvgIpc) is 3.29. The topological polar surface area (TPSA) is 315 Å². The van der Waals surface area contributed by atoms with Crippen LogP contribution in [0.3, 0.4) is 0 Å². The lowest BCUT2D eigenvalue weighted by Crippen LogP contribution is -2.64. The van der Waals surface area contributed by atoms with Crippen molar-refractivity contribution in [2.24, 2.45) is 17.8 Å². The highest BCUT2D eigenvalue weighted by atomic mass is 16.7. The lowest BCUT2D eigenvalue weighted by molar-refractivity contribution is -0.313. The Kier molecular flexibility index (Phi) is 26.6. The van der Waals surface area contributed by atoms with E-state index in [0.29, 0.717) is 0 Å². The fourth-order valence-corrected chi connectivity index (χ4v) is 8.40. The summed E-state index contributed by atoms with van der Waals surface area (Å²) >= 11 is 0. The molecule has 3 aliphatic heterocycles. The molecule has 2 bridgehead atoms. The molecule has 19 heteroatoms. The van der Waals surface area contributed by atoms with E-state index in [-0.39, 0.29) is 38.2 Å². The number of esters is 1. The van der Waals surface area contributed by atoms with Gasteiger partial charge in [0.05, 0.1) is 80.1 Å². The molecule has 12 N–H and O–H groups in total. The minimum Gasteiger partial charge on any atom is -0.462 e. The number of nitrogens with one attached hydrogen (secondary N) is 1. The Labute approximate surface area is 411 Å². The normalized spacial score (nSPS) is 42.9. The predicted octanol–water partition coefficient (Wildman–Crippen LogP) is 1.57. The molecule has 1 amide bonds. The quantitative estimate of drug-likeness (QED) is 0.133. The van der Waals surface area contributed by atoms with Gasteiger partial charge in [-0.3, -0.25) is 4.79 Å². The van der Waals surface area contributed by atoms with Crippen LogP contribution in [-0.4, -0.2) is 179 Å². The van der Waals surface area contributed by atoms with Gasteiger partial charge in [-0.05, 0) is 33.1 Å². The molecule has 0 radical (unpaired) electrons. The van der Waals surface area contributed by atoms with Gasteiger partial charge < -0.3 is 85.2 Å². The highest BCUT2D eigenvalue weighted by molar-refractivity contribution is 5.70. The number of amides is 1. The average molecular weight is 994 g/mol. The van der Waals surface area contributed by atoms with Crippen molar-refractivity contribution in [1.82, 2.24) is 5.32 Å². The summed E-state index contributed by atoms with van der Waals surface area (Å²) in [6.07, 6.45) is 4.89. The van der Waals surface area contributed by atoms with Crippen molar-refractivity contribution in [2.75, 3.05) is 13.2 Å². The summed E-state index contributed by atoms with van der Waals surface area (Å²) in [4.78, 5) is 25.1. The predicted molar refractivity (Wildman–Crippen MR) is 257 cm³/mol. The van der Waals surface area contributed by atoms with Crippen LogP contribution in [0.2, 0.25) is 0 Å². The number of aliphatic hydroxyl groups excluding tert-OH is 10. The van der Waals surface area contributed by atoms with Crippen molar-refractivity contribution in [3.05, 3.63) is 97.7 Å². The van der Waals surface area contributed by atoms with Gasteiger partial charge in [0.1, 0.15) is 24.9 Å². The van der Waals surface area contributed by atoms with Crippen LogP contribution in [0.25, 0.3) is 0 Å². The first kappa shape index (κ1) is 60.4. The van der Waals surface area contributed by atoms with Gasteiger partial charge in [0.15, 0.2) is 12.1 Å². The van der Waals surface area contributed by atoms with Gasteiger partial charge in [-0.15, -0.1) is 0 Å². The number of allylic oxidation sites excluding steroid dienone is 12. The van der Waals surface area contributed by atoms with Crippen LogP contribution in [0.4, 0.5) is 4.79 Å². The summed E-state index contributed by atoms with van der Waals surface area (Å²) in [5, 5.41) is 122. The highest BCUT2D eigenvalue weighted by Crippen LogP contribution is 2.38. The molecule has 396 valence electrons. The maximum Gasteiger partial charge on any atom is 0.407 e. The van der Waals surface area contributed by atoms with Crippen LogP contribution in [0.5, 0.6) is 0 Å². The van der Waals surface area contributed by atoms with Gasteiger partial charge in [0.2, 0.25) is 0 Å². The molecule has 0 unspecified atom stereocenters. The van der Waals surface area contributed by atoms with Crippen molar-refractivity contribution in [3.8, 4) is 0 Å². The molecular weight excluding hydrogens is 915 g/mol. The monoisotopic (exact) mass is 994 g/mol. The van der Waals surface area contributed by atoms with Crippen molar-refractivity contribution < 1.29 is 89.4 Å². The first-order valence-corrected chi connectivity index (χ1v) is 24.0. The Hall–Kier alpha value is -3.90. The molecule has 3 rings (SSSR count). The molecule has 0 aromatic carbocycles. The van der Waals surface area contributed by atoms with Crippen LogP contribution in [-0.2, 0) is 28.5 Å². The van der Waals surface area contributed by atoms with Crippen LogP contribution >= 0.6 is 0 Å². The van der Waals surface area contributed by atoms with Crippen molar-refractivity contribution >= 4 is 12.1 Å². The zero-order valence-electron chi connectivity index (χ0n) is 40.6. The van der Waals surface area contributed by atoms with E-state index in [1.54, 1.807) is 68.5 Å². The number of hydrogen-bond donors (Lipinski definition) is 12. The molecule has 0 aliphatic carbocycles. The Balaban J connectivity index is 1.88. The van der Waals surface area contributed by atoms with Gasteiger partial charge in [0, 0.05) is 43.4 Å². The molecular formula is C51H79NO18. The number of fused-ring (bicyclic) bond motifs is 2. The molecule has 3 aliphatic rings. The number of alkyl carbamates (subject to hydrolysis) is 1. The second-order valence-corrected chi connectivity index (χ2v) is 18.5. The van der Waals surface area contributed by atoms with Crippen molar-refractivity contribution in [1.29, 1.82) is 0 Å². The Bertz CT molecular complexity index is 1780. The third kappa shape index (κ3) is 20.7. The van der Waals surface area contributed by atoms with Crippen molar-refractivity contribution in [2.45, 2.75) is 177 Å². The number of carbonyl (C=O) groups is 2. The van der Waals surface area contributed by atoms with Gasteiger partial charge in [-0.1, -0.05) is 112 Å². The van der Waals surface area contributed by atoms with E-state index >= 15 is 0 Å². The molecule has 2 saturated heterocycles. The molecule has 0 aromatic heterocycles. The number of hydrogen-bond acceptors (Lipinski definition) is 18. The standard InChI is InChI=1S/C51H79NO18/c1-6-23-66-50(64)52-45-47(62)34(5)68-49(48(45)63)69-38-20-18-16-14-12-10-8-7-9-11-13-15-17-19-31(2)46(61)32(3)33(4)67-44(60)26-36(55)24-35(54)21-22-40(57)41(58)25-37(56)28-51(65)29-42(59)39(30-53)43(27-38)70-51/h6-20,31-43,45-49,53-59,61-63,65H,1,21-30H2,2-5H3,(H,52,64)/b8-7+,11-9+,12-10+,15-13+,16-14+,19-17+,20-18+/t31-,32-,33-,34+,35+,36+,37-,38-,39+,40+,41+,42-,43-,45-,46+,47+,48-,49-,51+/m0/s1. The largest absolute Gasteiger partial charge is 0.462 e. The van der Waals surface area contributed by atoms with E-state index in [9.17, 15) is 65.8 Å². The Morgan fingerprint density at radius 2 is 1.33 bits per heavy atom. The molecule has 19 atom stereocenters. The molecule has 19 nitrogen and oxygen atoms in total. The van der Waals surface area contributed by atoms with Crippen LogP contribution in [0, 0.1) is 17.8 Å². The lowest BCUT2D eigenvalue weighted by Gasteiger charge is -2.46. The summed E-state index contributed by atoms with van der Waals surface area (Å²) in [7, 11) is 0. The van der Waals surface area contributed by atoms with Crippen LogP contribution in [0.1, 0.15) is 79.1 Å². The van der Waals surface area contributed by atoms with Gasteiger partial charge in [-0.2, -0.15) is 0 Å². The molecule has 2 fully saturated rings. The Morgan fingerprint density at radius 3 is 1.93 bits per heavy atom. The number of aliphatic hydroxyl groups is 11. The van der Waals surface area contributed by atoms with E-state index in [1.807, 2.05) is 37.3 Å². The number of cyclic esters (lactones) is 1. The van der Waals surface area contributed by atoms with E-state index in [1.165, 1.54) is 13.0 Å². The number of rotatable bonds is 6. The molecule has 0 aromatic rings. The zero-order valence-corrected chi connectivity index (χ0v) is 40.6. The third-order valence-electron chi connectivity index (χ3n) is 12.7. The lowest BCUT2D eigenvalue weighted by atomic mass is 9.83. The maximum absolute atomic E-state index is 12.7. The van der Waals surface area contributed by atoms with E-state index in [0.717, 1.165) is 0 Å². The molecule has 70 heavy (non-hydrogen) atoms. The van der Waals surface area contributed by atoms with E-state index in [2.05, 4.69) is 11.9 Å². The van der Waals surface area contributed by atoms with E-state index in [4.69, 9.17) is 23.7 Å². The van der Waals surface area contributed by atoms with Crippen molar-refractivity contribution in [3.63, 3.8) is 0 Å². The molecule has 0 spiro atoms. The smallest absolute Gasteiger partial charge is 0.407 e. The highest BCUT2D eigenvalue weighted by Gasteiger charge is 2.49. The first-order valence-electron chi connectivity index (χ1n) is 24.0. The minimum absolute atomic E-state index is 0.0938. The van der Waals surface area contributed by atoms with Gasteiger partial charge in [-0.25, -0.2) is 4.79 Å². The summed E-state index contributed by atoms with van der Waals surface area (Å²) in [5.41, 5.74) is 0. The zero-order chi connectivity index (χ0) is 52.0. The number of ether oxygens (including phenoxy) is 5. The van der Waals surface area contributed by atoms with Crippen LogP contribution < -0.4 is 5.32 Å². The molecule has 0 saturated carbocycles. The van der Waals surface area contributed by atoms with Crippen LogP contribution in [0.15, 0.2) is 97.7 Å². The summed E-state index contributed by atoms with van der Waals surface area (Å²) in [6.45, 7) is 9.50. The molecule has 3 heterocycles. The SMILES string of the molecule is C=CCOC(=O)N[C@@H]1[C@H](O)[C@H](O[C@H]2/C=C/C=C/C=C/C=C/C=C/C=C/C=C/[C@H](C)[C@@H](O)[C@@H](C)[C@H](C)OC(=O)C[C@H](O)C[C@H](O)CC[C@@H](O)[C@H](O)C[C@H](O)C[C@]3(O)C[C@H](O)[C@@H](CO)[C@H](C2)O3)O[C@H](C)[C@H]1O. The second kappa shape index (κ2) is 30.9. The van der Waals surface area contributed by atoms with Gasteiger partial charge >= 0.3 is 12.1 Å². The third-order valence-corrected chi connectivity index (χ3v) is 12.7. The first-order chi connectivity index (χ1) is 33.2. The number of carbonyl (C=O) groups excluding carboxylic acids is 2.